The van der Waals surface area contributed by atoms with Gasteiger partial charge in [0, 0.05) is 17.7 Å². The van der Waals surface area contributed by atoms with Crippen molar-refractivity contribution in [3.05, 3.63) is 71.5 Å². The van der Waals surface area contributed by atoms with Gasteiger partial charge in [0.1, 0.15) is 0 Å². The molecule has 0 saturated carbocycles. The lowest BCUT2D eigenvalue weighted by atomic mass is 9.84. The number of fused-ring (bicyclic) bond motifs is 1. The van der Waals surface area contributed by atoms with Gasteiger partial charge >= 0.3 is 6.18 Å². The van der Waals surface area contributed by atoms with Crippen LogP contribution in [0.5, 0.6) is 0 Å². The summed E-state index contributed by atoms with van der Waals surface area (Å²) in [5.41, 5.74) is 4.42. The van der Waals surface area contributed by atoms with Crippen molar-refractivity contribution in [1.29, 1.82) is 0 Å². The molecule has 2 aromatic carbocycles. The van der Waals surface area contributed by atoms with E-state index in [9.17, 15) is 13.2 Å². The van der Waals surface area contributed by atoms with Crippen LogP contribution < -0.4 is 10.2 Å². The molecule has 160 valence electrons. The van der Waals surface area contributed by atoms with E-state index in [2.05, 4.69) is 47.3 Å². The summed E-state index contributed by atoms with van der Waals surface area (Å²) in [6, 6.07) is 11.7. The number of aromatic nitrogens is 1. The minimum atomic E-state index is -4.37. The lowest BCUT2D eigenvalue weighted by Gasteiger charge is -2.27. The summed E-state index contributed by atoms with van der Waals surface area (Å²) in [5.74, 6) is 0. The first kappa shape index (κ1) is 20.1. The molecule has 0 unspecified atom stereocenters. The Balaban J connectivity index is 1.50. The van der Waals surface area contributed by atoms with Crippen molar-refractivity contribution in [3.63, 3.8) is 0 Å². The maximum Gasteiger partial charge on any atom is 0.416 e. The van der Waals surface area contributed by atoms with E-state index in [1.54, 1.807) is 0 Å². The summed E-state index contributed by atoms with van der Waals surface area (Å²) in [4.78, 5) is 6.80. The molecule has 1 aromatic heterocycles. The normalized spacial score (nSPS) is 18.0. The Labute approximate surface area is 182 Å². The summed E-state index contributed by atoms with van der Waals surface area (Å²) < 4.78 is 39.8. The number of anilines is 3. The first-order valence-electron chi connectivity index (χ1n) is 10.2. The lowest BCUT2D eigenvalue weighted by molar-refractivity contribution is -0.137. The predicted molar refractivity (Wildman–Crippen MR) is 121 cm³/mol. The van der Waals surface area contributed by atoms with E-state index in [1.165, 1.54) is 28.7 Å². The Morgan fingerprint density at radius 1 is 1.13 bits per heavy atom. The second kappa shape index (κ2) is 7.12. The Kier molecular flexibility index (Phi) is 4.62. The van der Waals surface area contributed by atoms with Crippen LogP contribution in [0.25, 0.3) is 10.2 Å². The summed E-state index contributed by atoms with van der Waals surface area (Å²) >= 11 is 1.35. The van der Waals surface area contributed by atoms with Gasteiger partial charge in [-0.1, -0.05) is 49.5 Å². The number of rotatable bonds is 3. The van der Waals surface area contributed by atoms with Crippen LogP contribution in [0.2, 0.25) is 0 Å². The number of thiazole rings is 1. The van der Waals surface area contributed by atoms with Crippen LogP contribution in [-0.4, -0.2) is 11.5 Å². The maximum absolute atomic E-state index is 13.0. The van der Waals surface area contributed by atoms with E-state index in [4.69, 9.17) is 0 Å². The monoisotopic (exact) mass is 441 g/mol. The molecule has 0 amide bonds. The van der Waals surface area contributed by atoms with Crippen LogP contribution in [0.4, 0.5) is 29.7 Å². The van der Waals surface area contributed by atoms with Crippen molar-refractivity contribution < 1.29 is 13.2 Å². The molecule has 1 aliphatic carbocycles. The van der Waals surface area contributed by atoms with Crippen LogP contribution >= 0.6 is 11.3 Å². The van der Waals surface area contributed by atoms with E-state index < -0.39 is 11.7 Å². The fourth-order valence-corrected chi connectivity index (χ4v) is 5.30. The molecule has 2 heterocycles. The molecule has 0 radical (unpaired) electrons. The number of nitrogens with zero attached hydrogens (tertiary/aromatic N) is 2. The third-order valence-corrected chi connectivity index (χ3v) is 6.85. The van der Waals surface area contributed by atoms with Gasteiger partial charge in [-0.25, -0.2) is 4.98 Å². The molecule has 7 heteroatoms. The average molecular weight is 442 g/mol. The van der Waals surface area contributed by atoms with Gasteiger partial charge in [0.2, 0.25) is 0 Å². The molecular formula is C24H22F3N3S. The van der Waals surface area contributed by atoms with Gasteiger partial charge in [-0.2, -0.15) is 13.2 Å². The van der Waals surface area contributed by atoms with Crippen molar-refractivity contribution in [2.45, 2.75) is 32.9 Å². The molecule has 2 aliphatic rings. The molecule has 1 N–H and O–H groups in total. The molecule has 0 spiro atoms. The smallest absolute Gasteiger partial charge is 0.342 e. The van der Waals surface area contributed by atoms with Gasteiger partial charge in [0.15, 0.2) is 5.13 Å². The van der Waals surface area contributed by atoms with Gasteiger partial charge in [0.05, 0.1) is 27.2 Å². The highest BCUT2D eigenvalue weighted by Gasteiger charge is 2.38. The average Bonchev–Trinajstić information content (AvgIpc) is 3.25. The minimum Gasteiger partial charge on any atom is -0.342 e. The summed E-state index contributed by atoms with van der Waals surface area (Å²) in [6.45, 7) is 5.41. The van der Waals surface area contributed by atoms with E-state index >= 15 is 0 Å². The molecular weight excluding hydrogens is 419 g/mol. The first-order valence-corrected chi connectivity index (χ1v) is 11.1. The largest absolute Gasteiger partial charge is 0.416 e. The van der Waals surface area contributed by atoms with Gasteiger partial charge in [-0.15, -0.1) is 0 Å². The summed E-state index contributed by atoms with van der Waals surface area (Å²) in [7, 11) is 0. The number of hydrogen-bond donors (Lipinski definition) is 1. The second-order valence-electron chi connectivity index (χ2n) is 8.61. The Morgan fingerprint density at radius 2 is 1.94 bits per heavy atom. The highest BCUT2D eigenvalue weighted by atomic mass is 32.1. The summed E-state index contributed by atoms with van der Waals surface area (Å²) in [6.07, 6.45) is 2.15. The zero-order chi connectivity index (χ0) is 21.8. The minimum absolute atomic E-state index is 0.0588. The zero-order valence-corrected chi connectivity index (χ0v) is 18.1. The molecule has 3 nitrogen and oxygen atoms in total. The molecule has 3 aromatic rings. The second-order valence-corrected chi connectivity index (χ2v) is 9.64. The van der Waals surface area contributed by atoms with Gasteiger partial charge in [0.25, 0.3) is 0 Å². The third kappa shape index (κ3) is 3.61. The Hall–Kier alpha value is -2.80. The standard InChI is InChI=1S/C24H22F3N3S/c1-23(2)14-30(19-9-5-3-7-16(19)23)20-10-6-4-8-17(20)28-22-29-18-13-15(24(25,26)27)11-12-21(18)31-22/h3-4,6-8,10-13H,5,9,14H2,1-2H3,(H,28,29). The number of benzene rings is 2. The molecule has 0 saturated heterocycles. The number of allylic oxidation sites excluding steroid dienone is 3. The molecule has 31 heavy (non-hydrogen) atoms. The zero-order valence-electron chi connectivity index (χ0n) is 17.3. The number of para-hydroxylation sites is 2. The van der Waals surface area contributed by atoms with Gasteiger partial charge in [-0.05, 0) is 48.7 Å². The Bertz CT molecular complexity index is 1220. The van der Waals surface area contributed by atoms with Gasteiger partial charge in [-0.3, -0.25) is 0 Å². The van der Waals surface area contributed by atoms with Crippen molar-refractivity contribution in [2.75, 3.05) is 16.8 Å². The van der Waals surface area contributed by atoms with E-state index in [0.717, 1.165) is 47.6 Å². The van der Waals surface area contributed by atoms with Gasteiger partial charge < -0.3 is 10.2 Å². The van der Waals surface area contributed by atoms with E-state index in [1.807, 2.05) is 18.2 Å². The third-order valence-electron chi connectivity index (χ3n) is 5.90. The topological polar surface area (TPSA) is 28.2 Å². The lowest BCUT2D eigenvalue weighted by Crippen LogP contribution is -2.25. The Morgan fingerprint density at radius 3 is 2.74 bits per heavy atom. The van der Waals surface area contributed by atoms with Crippen LogP contribution in [0.3, 0.4) is 0 Å². The molecule has 5 rings (SSSR count). The predicted octanol–water partition coefficient (Wildman–Crippen LogP) is 7.51. The highest BCUT2D eigenvalue weighted by molar-refractivity contribution is 7.22. The quantitative estimate of drug-likeness (QED) is 0.456. The maximum atomic E-state index is 13.0. The molecule has 1 aliphatic heterocycles. The molecule has 0 fully saturated rings. The fraction of sp³-hybridized carbons (Fsp3) is 0.292. The van der Waals surface area contributed by atoms with Crippen molar-refractivity contribution in [3.8, 4) is 0 Å². The van der Waals surface area contributed by atoms with Crippen molar-refractivity contribution in [1.82, 2.24) is 4.98 Å². The first-order chi connectivity index (χ1) is 14.7. The van der Waals surface area contributed by atoms with E-state index in [-0.39, 0.29) is 5.41 Å². The number of alkyl halides is 3. The van der Waals surface area contributed by atoms with Crippen LogP contribution in [0, 0.1) is 5.41 Å². The highest BCUT2D eigenvalue weighted by Crippen LogP contribution is 2.47. The molecule has 0 atom stereocenters. The number of halogens is 3. The SMILES string of the molecule is CC1(C)CN(c2ccccc2Nc2nc3cc(C(F)(F)F)ccc3s2)C2=C1C=CCC2. The van der Waals surface area contributed by atoms with Crippen LogP contribution in [0.1, 0.15) is 32.3 Å². The van der Waals surface area contributed by atoms with Crippen LogP contribution in [0.15, 0.2) is 65.9 Å². The fourth-order valence-electron chi connectivity index (χ4n) is 4.44. The molecule has 0 bridgehead atoms. The number of hydrogen-bond acceptors (Lipinski definition) is 4. The van der Waals surface area contributed by atoms with Crippen molar-refractivity contribution in [2.24, 2.45) is 5.41 Å². The van der Waals surface area contributed by atoms with Crippen molar-refractivity contribution >= 4 is 38.1 Å². The van der Waals surface area contributed by atoms with E-state index in [0.29, 0.717) is 10.6 Å². The summed E-state index contributed by atoms with van der Waals surface area (Å²) in [5, 5.41) is 3.95. The van der Waals surface area contributed by atoms with Crippen LogP contribution in [-0.2, 0) is 6.18 Å². The number of nitrogens with one attached hydrogen (secondary N) is 1.